The number of benzene rings is 1. The van der Waals surface area contributed by atoms with E-state index in [-0.39, 0.29) is 6.42 Å². The molecule has 0 saturated heterocycles. The largest absolute Gasteiger partial charge is 0.370 e. The Morgan fingerprint density at radius 1 is 1.43 bits per heavy atom. The summed E-state index contributed by atoms with van der Waals surface area (Å²) in [6.07, 6.45) is 0.0556. The molecular weight excluding hydrogens is 223 g/mol. The van der Waals surface area contributed by atoms with Crippen LogP contribution in [0.2, 0.25) is 10.0 Å². The van der Waals surface area contributed by atoms with Crippen LogP contribution in [0.3, 0.4) is 0 Å². The SMILES string of the molecule is NC(=O)C[C@@H](N)c1cc(Cl)ccc1Cl. The van der Waals surface area contributed by atoms with Gasteiger partial charge in [0.1, 0.15) is 0 Å². The van der Waals surface area contributed by atoms with E-state index in [1.165, 1.54) is 0 Å². The number of hydrogen-bond donors (Lipinski definition) is 2. The number of amides is 1. The van der Waals surface area contributed by atoms with E-state index in [1.54, 1.807) is 18.2 Å². The van der Waals surface area contributed by atoms with Gasteiger partial charge in [0.05, 0.1) is 0 Å². The van der Waals surface area contributed by atoms with Crippen LogP contribution < -0.4 is 11.5 Å². The Bertz CT molecular complexity index is 355. The molecule has 1 atom stereocenters. The standard InChI is InChI=1S/C9H10Cl2N2O/c10-5-1-2-7(11)6(3-5)8(12)4-9(13)14/h1-3,8H,4,12H2,(H2,13,14)/t8-/m1/s1. The Morgan fingerprint density at radius 3 is 2.64 bits per heavy atom. The van der Waals surface area contributed by atoms with Crippen LogP contribution in [0.25, 0.3) is 0 Å². The second-order valence-electron chi connectivity index (χ2n) is 2.94. The molecular formula is C9H10Cl2N2O. The first-order chi connectivity index (χ1) is 6.50. The van der Waals surface area contributed by atoms with E-state index in [1.807, 2.05) is 0 Å². The number of carbonyl (C=O) groups is 1. The highest BCUT2D eigenvalue weighted by Gasteiger charge is 2.12. The number of rotatable bonds is 3. The van der Waals surface area contributed by atoms with Crippen LogP contribution in [0.15, 0.2) is 18.2 Å². The van der Waals surface area contributed by atoms with Gasteiger partial charge in [-0.2, -0.15) is 0 Å². The Morgan fingerprint density at radius 2 is 2.07 bits per heavy atom. The molecule has 1 rings (SSSR count). The zero-order chi connectivity index (χ0) is 10.7. The van der Waals surface area contributed by atoms with Crippen LogP contribution in [-0.4, -0.2) is 5.91 Å². The quantitative estimate of drug-likeness (QED) is 0.836. The van der Waals surface area contributed by atoms with Crippen LogP contribution in [0, 0.1) is 0 Å². The maximum atomic E-state index is 10.6. The lowest BCUT2D eigenvalue weighted by atomic mass is 10.0. The molecule has 0 unspecified atom stereocenters. The van der Waals surface area contributed by atoms with Gasteiger partial charge in [-0.25, -0.2) is 0 Å². The minimum Gasteiger partial charge on any atom is -0.370 e. The molecule has 1 aromatic rings. The molecule has 0 aliphatic heterocycles. The number of nitrogens with two attached hydrogens (primary N) is 2. The number of primary amides is 1. The van der Waals surface area contributed by atoms with Crippen molar-refractivity contribution in [3.05, 3.63) is 33.8 Å². The zero-order valence-electron chi connectivity index (χ0n) is 7.34. The molecule has 0 aromatic heterocycles. The summed E-state index contributed by atoms with van der Waals surface area (Å²) in [4.78, 5) is 10.6. The van der Waals surface area contributed by atoms with E-state index in [2.05, 4.69) is 0 Å². The van der Waals surface area contributed by atoms with Crippen molar-refractivity contribution in [2.75, 3.05) is 0 Å². The van der Waals surface area contributed by atoms with E-state index in [0.29, 0.717) is 15.6 Å². The average Bonchev–Trinajstić information content (AvgIpc) is 2.08. The molecule has 1 amide bonds. The lowest BCUT2D eigenvalue weighted by Gasteiger charge is -2.11. The highest BCUT2D eigenvalue weighted by atomic mass is 35.5. The van der Waals surface area contributed by atoms with Crippen LogP contribution in [0.1, 0.15) is 18.0 Å². The van der Waals surface area contributed by atoms with Gasteiger partial charge < -0.3 is 11.5 Å². The fraction of sp³-hybridized carbons (Fsp3) is 0.222. The molecule has 5 heteroatoms. The summed E-state index contributed by atoms with van der Waals surface area (Å²) >= 11 is 11.7. The monoisotopic (exact) mass is 232 g/mol. The minimum atomic E-state index is -0.501. The molecule has 0 aliphatic rings. The molecule has 76 valence electrons. The number of hydrogen-bond acceptors (Lipinski definition) is 2. The van der Waals surface area contributed by atoms with Crippen molar-refractivity contribution in [2.45, 2.75) is 12.5 Å². The molecule has 1 aromatic carbocycles. The predicted molar refractivity (Wildman–Crippen MR) is 57.2 cm³/mol. The lowest BCUT2D eigenvalue weighted by molar-refractivity contribution is -0.118. The Kier molecular flexibility index (Phi) is 3.75. The maximum absolute atomic E-state index is 10.6. The van der Waals surface area contributed by atoms with Crippen molar-refractivity contribution in [1.82, 2.24) is 0 Å². The normalized spacial score (nSPS) is 12.5. The van der Waals surface area contributed by atoms with E-state index in [4.69, 9.17) is 34.7 Å². The van der Waals surface area contributed by atoms with E-state index < -0.39 is 11.9 Å². The molecule has 0 aliphatic carbocycles. The number of carbonyl (C=O) groups excluding carboxylic acids is 1. The maximum Gasteiger partial charge on any atom is 0.219 e. The van der Waals surface area contributed by atoms with Crippen molar-refractivity contribution in [3.8, 4) is 0 Å². The Labute approximate surface area is 92.0 Å². The molecule has 4 N–H and O–H groups in total. The van der Waals surface area contributed by atoms with Crippen molar-refractivity contribution >= 4 is 29.1 Å². The van der Waals surface area contributed by atoms with Gasteiger partial charge in [0.15, 0.2) is 0 Å². The summed E-state index contributed by atoms with van der Waals surface area (Å²) in [5.41, 5.74) is 11.4. The number of halogens is 2. The first kappa shape index (κ1) is 11.3. The van der Waals surface area contributed by atoms with Gasteiger partial charge in [-0.3, -0.25) is 4.79 Å². The first-order valence-corrected chi connectivity index (χ1v) is 4.75. The van der Waals surface area contributed by atoms with Crippen LogP contribution >= 0.6 is 23.2 Å². The average molecular weight is 233 g/mol. The van der Waals surface area contributed by atoms with E-state index in [9.17, 15) is 4.79 Å². The van der Waals surface area contributed by atoms with Crippen molar-refractivity contribution in [3.63, 3.8) is 0 Å². The summed E-state index contributed by atoms with van der Waals surface area (Å²) in [5, 5.41) is 1.02. The van der Waals surface area contributed by atoms with Gasteiger partial charge in [-0.05, 0) is 23.8 Å². The van der Waals surface area contributed by atoms with Crippen molar-refractivity contribution in [2.24, 2.45) is 11.5 Å². The molecule has 14 heavy (non-hydrogen) atoms. The van der Waals surface area contributed by atoms with E-state index in [0.717, 1.165) is 0 Å². The molecule has 0 bridgehead atoms. The molecule has 3 nitrogen and oxygen atoms in total. The van der Waals surface area contributed by atoms with Gasteiger partial charge in [-0.15, -0.1) is 0 Å². The van der Waals surface area contributed by atoms with E-state index >= 15 is 0 Å². The summed E-state index contributed by atoms with van der Waals surface area (Å²) in [7, 11) is 0. The lowest BCUT2D eigenvalue weighted by Crippen LogP contribution is -2.20. The molecule has 0 fully saturated rings. The van der Waals surface area contributed by atoms with Gasteiger partial charge in [0.25, 0.3) is 0 Å². The summed E-state index contributed by atoms with van der Waals surface area (Å²) < 4.78 is 0. The summed E-state index contributed by atoms with van der Waals surface area (Å²) in [6, 6.07) is 4.43. The van der Waals surface area contributed by atoms with Crippen LogP contribution in [0.4, 0.5) is 0 Å². The topological polar surface area (TPSA) is 69.1 Å². The minimum absolute atomic E-state index is 0.0556. The van der Waals surface area contributed by atoms with Crippen molar-refractivity contribution in [1.29, 1.82) is 0 Å². The Hall–Kier alpha value is -0.770. The fourth-order valence-corrected chi connectivity index (χ4v) is 1.56. The second kappa shape index (κ2) is 4.64. The van der Waals surface area contributed by atoms with Gasteiger partial charge in [0.2, 0.25) is 5.91 Å². The Balaban J connectivity index is 2.93. The third kappa shape index (κ3) is 2.87. The highest BCUT2D eigenvalue weighted by molar-refractivity contribution is 6.33. The third-order valence-electron chi connectivity index (χ3n) is 1.78. The van der Waals surface area contributed by atoms with Crippen LogP contribution in [0.5, 0.6) is 0 Å². The molecule has 0 spiro atoms. The van der Waals surface area contributed by atoms with Gasteiger partial charge in [0, 0.05) is 22.5 Å². The summed E-state index contributed by atoms with van der Waals surface area (Å²) in [6.45, 7) is 0. The molecule has 0 radical (unpaired) electrons. The fourth-order valence-electron chi connectivity index (χ4n) is 1.13. The van der Waals surface area contributed by atoms with Gasteiger partial charge in [-0.1, -0.05) is 23.2 Å². The highest BCUT2D eigenvalue weighted by Crippen LogP contribution is 2.26. The second-order valence-corrected chi connectivity index (χ2v) is 3.79. The third-order valence-corrected chi connectivity index (χ3v) is 2.36. The van der Waals surface area contributed by atoms with Crippen LogP contribution in [-0.2, 0) is 4.79 Å². The van der Waals surface area contributed by atoms with Crippen molar-refractivity contribution < 1.29 is 4.79 Å². The van der Waals surface area contributed by atoms with Gasteiger partial charge >= 0.3 is 0 Å². The predicted octanol–water partition coefficient (Wildman–Crippen LogP) is 1.87. The first-order valence-electron chi connectivity index (χ1n) is 3.99. The zero-order valence-corrected chi connectivity index (χ0v) is 8.85. The smallest absolute Gasteiger partial charge is 0.219 e. The summed E-state index contributed by atoms with van der Waals surface area (Å²) in [5.74, 6) is -0.464. The molecule has 0 saturated carbocycles. The molecule has 0 heterocycles.